The lowest BCUT2D eigenvalue weighted by Crippen LogP contribution is -1.98. The molecule has 0 spiro atoms. The molecule has 0 radical (unpaired) electrons. The maximum absolute atomic E-state index is 5.22. The summed E-state index contributed by atoms with van der Waals surface area (Å²) in [5.74, 6) is 0.548. The summed E-state index contributed by atoms with van der Waals surface area (Å²) < 4.78 is 5.98. The van der Waals surface area contributed by atoms with Gasteiger partial charge in [-0.15, -0.1) is 0 Å². The van der Waals surface area contributed by atoms with Crippen molar-refractivity contribution < 1.29 is 4.74 Å². The summed E-state index contributed by atoms with van der Waals surface area (Å²) in [6.07, 6.45) is 1.88. The van der Waals surface area contributed by atoms with E-state index in [0.29, 0.717) is 5.76 Å². The normalized spacial score (nSPS) is 10.7. The molecule has 0 saturated heterocycles. The van der Waals surface area contributed by atoms with Crippen LogP contribution in [0.1, 0.15) is 11.3 Å². The summed E-state index contributed by atoms with van der Waals surface area (Å²) in [4.78, 5) is 9.16. The second-order valence-electron chi connectivity index (χ2n) is 4.98. The number of aryl methyl sites for hydroxylation is 1. The van der Waals surface area contributed by atoms with Crippen LogP contribution in [0.25, 0.3) is 27.8 Å². The summed E-state index contributed by atoms with van der Waals surface area (Å²) in [6.45, 7) is 5.90. The Morgan fingerprint density at radius 3 is 2.59 bits per heavy atom. The summed E-state index contributed by atoms with van der Waals surface area (Å²) >= 11 is 3.55. The van der Waals surface area contributed by atoms with E-state index in [2.05, 4.69) is 32.5 Å². The van der Waals surface area contributed by atoms with Crippen molar-refractivity contribution in [1.82, 2.24) is 9.97 Å². The lowest BCUT2D eigenvalue weighted by Gasteiger charge is -2.12. The topological polar surface area (TPSA) is 35.0 Å². The van der Waals surface area contributed by atoms with Gasteiger partial charge < -0.3 is 4.74 Å². The molecule has 0 aliphatic carbocycles. The number of fused-ring (bicyclic) bond motifs is 1. The highest BCUT2D eigenvalue weighted by Crippen LogP contribution is 2.31. The lowest BCUT2D eigenvalue weighted by molar-refractivity contribution is 0.369. The maximum Gasteiger partial charge on any atom is 0.137 e. The van der Waals surface area contributed by atoms with Crippen LogP contribution >= 0.6 is 15.9 Å². The molecule has 1 aromatic carbocycles. The van der Waals surface area contributed by atoms with E-state index in [1.165, 1.54) is 0 Å². The number of benzene rings is 1. The maximum atomic E-state index is 5.22. The predicted octanol–water partition coefficient (Wildman–Crippen LogP) is 4.98. The number of pyridine rings is 2. The van der Waals surface area contributed by atoms with Crippen molar-refractivity contribution in [1.29, 1.82) is 0 Å². The monoisotopic (exact) mass is 354 g/mol. The number of aromatic nitrogens is 2. The van der Waals surface area contributed by atoms with Crippen LogP contribution < -0.4 is 0 Å². The van der Waals surface area contributed by atoms with E-state index in [1.807, 2.05) is 49.5 Å². The first-order chi connectivity index (χ1) is 10.6. The molecule has 0 fully saturated rings. The van der Waals surface area contributed by atoms with Gasteiger partial charge in [-0.3, -0.25) is 4.98 Å². The third-order valence-electron chi connectivity index (χ3n) is 3.68. The first-order valence-corrected chi connectivity index (χ1v) is 7.65. The average Bonchev–Trinajstić information content (AvgIpc) is 2.57. The van der Waals surface area contributed by atoms with Gasteiger partial charge in [0.1, 0.15) is 16.1 Å². The Balaban J connectivity index is 2.23. The molecule has 3 rings (SSSR count). The molecule has 110 valence electrons. The van der Waals surface area contributed by atoms with Crippen molar-refractivity contribution in [2.24, 2.45) is 0 Å². The van der Waals surface area contributed by atoms with Gasteiger partial charge in [0.05, 0.1) is 12.8 Å². The SMILES string of the molecule is C=C(OC)c1nc(Br)c2cc(-c3ccccc3)ncc2c1C. The van der Waals surface area contributed by atoms with Crippen molar-refractivity contribution in [3.63, 3.8) is 0 Å². The molecule has 3 nitrogen and oxygen atoms in total. The molecule has 0 amide bonds. The van der Waals surface area contributed by atoms with E-state index in [4.69, 9.17) is 4.74 Å². The van der Waals surface area contributed by atoms with Gasteiger partial charge in [-0.05, 0) is 34.5 Å². The minimum Gasteiger partial charge on any atom is -0.495 e. The second-order valence-corrected chi connectivity index (χ2v) is 5.74. The lowest BCUT2D eigenvalue weighted by atomic mass is 10.0. The highest BCUT2D eigenvalue weighted by Gasteiger charge is 2.13. The fraction of sp³-hybridized carbons (Fsp3) is 0.111. The van der Waals surface area contributed by atoms with E-state index in [9.17, 15) is 0 Å². The van der Waals surface area contributed by atoms with Crippen LogP contribution in [0.4, 0.5) is 0 Å². The first-order valence-electron chi connectivity index (χ1n) is 6.86. The smallest absolute Gasteiger partial charge is 0.137 e. The molecular weight excluding hydrogens is 340 g/mol. The van der Waals surface area contributed by atoms with E-state index >= 15 is 0 Å². The van der Waals surface area contributed by atoms with Crippen LogP contribution in [-0.4, -0.2) is 17.1 Å². The number of ether oxygens (including phenoxy) is 1. The zero-order valence-corrected chi connectivity index (χ0v) is 14.0. The van der Waals surface area contributed by atoms with E-state index in [1.54, 1.807) is 7.11 Å². The summed E-state index contributed by atoms with van der Waals surface area (Å²) in [7, 11) is 1.60. The van der Waals surface area contributed by atoms with Gasteiger partial charge in [-0.1, -0.05) is 36.9 Å². The number of halogens is 1. The van der Waals surface area contributed by atoms with Crippen LogP contribution in [0.15, 0.2) is 53.8 Å². The van der Waals surface area contributed by atoms with Gasteiger partial charge in [0, 0.05) is 22.5 Å². The summed E-state index contributed by atoms with van der Waals surface area (Å²) in [5.41, 5.74) is 3.76. The zero-order chi connectivity index (χ0) is 15.7. The van der Waals surface area contributed by atoms with Gasteiger partial charge in [-0.2, -0.15) is 0 Å². The van der Waals surface area contributed by atoms with Gasteiger partial charge in [0.15, 0.2) is 0 Å². The average molecular weight is 355 g/mol. The van der Waals surface area contributed by atoms with E-state index in [-0.39, 0.29) is 0 Å². The Kier molecular flexibility index (Phi) is 3.94. The molecule has 0 saturated carbocycles. The van der Waals surface area contributed by atoms with Crippen LogP contribution in [0, 0.1) is 6.92 Å². The van der Waals surface area contributed by atoms with Crippen molar-refractivity contribution in [3.8, 4) is 11.3 Å². The van der Waals surface area contributed by atoms with Crippen LogP contribution in [0.2, 0.25) is 0 Å². The van der Waals surface area contributed by atoms with E-state index in [0.717, 1.165) is 37.9 Å². The third-order valence-corrected chi connectivity index (χ3v) is 4.28. The Bertz CT molecular complexity index is 860. The molecule has 0 aliphatic heterocycles. The fourth-order valence-electron chi connectivity index (χ4n) is 2.43. The molecule has 0 atom stereocenters. The van der Waals surface area contributed by atoms with Crippen molar-refractivity contribution in [3.05, 3.63) is 65.0 Å². The minimum atomic E-state index is 0.548. The summed E-state index contributed by atoms with van der Waals surface area (Å²) in [5, 5.41) is 2.06. The van der Waals surface area contributed by atoms with Crippen LogP contribution in [0.3, 0.4) is 0 Å². The highest BCUT2D eigenvalue weighted by atomic mass is 79.9. The Morgan fingerprint density at radius 1 is 1.18 bits per heavy atom. The van der Waals surface area contributed by atoms with E-state index < -0.39 is 0 Å². The molecule has 0 unspecified atom stereocenters. The molecule has 0 aliphatic rings. The molecule has 3 aromatic rings. The quantitative estimate of drug-likeness (QED) is 0.491. The molecule has 2 heterocycles. The van der Waals surface area contributed by atoms with Crippen molar-refractivity contribution in [2.45, 2.75) is 6.92 Å². The number of rotatable bonds is 3. The summed E-state index contributed by atoms with van der Waals surface area (Å²) in [6, 6.07) is 12.1. The van der Waals surface area contributed by atoms with Gasteiger partial charge in [-0.25, -0.2) is 4.98 Å². The molecule has 2 aromatic heterocycles. The third kappa shape index (κ3) is 2.50. The Hall–Kier alpha value is -2.20. The first kappa shape index (κ1) is 14.7. The molecule has 22 heavy (non-hydrogen) atoms. The number of nitrogens with zero attached hydrogens (tertiary/aromatic N) is 2. The van der Waals surface area contributed by atoms with Gasteiger partial charge in [0.25, 0.3) is 0 Å². The highest BCUT2D eigenvalue weighted by molar-refractivity contribution is 9.10. The largest absolute Gasteiger partial charge is 0.495 e. The van der Waals surface area contributed by atoms with Crippen molar-refractivity contribution in [2.75, 3.05) is 7.11 Å². The Labute approximate surface area is 137 Å². The zero-order valence-electron chi connectivity index (χ0n) is 12.4. The number of methoxy groups -OCH3 is 1. The molecular formula is C18H15BrN2O. The van der Waals surface area contributed by atoms with Crippen molar-refractivity contribution >= 4 is 32.5 Å². The molecule has 0 bridgehead atoms. The van der Waals surface area contributed by atoms with Crippen LogP contribution in [-0.2, 0) is 4.74 Å². The predicted molar refractivity (Wildman–Crippen MR) is 93.5 cm³/mol. The Morgan fingerprint density at radius 2 is 1.91 bits per heavy atom. The minimum absolute atomic E-state index is 0.548. The van der Waals surface area contributed by atoms with Gasteiger partial charge >= 0.3 is 0 Å². The van der Waals surface area contributed by atoms with Gasteiger partial charge in [0.2, 0.25) is 0 Å². The standard InChI is InChI=1S/C18H15BrN2O/c1-11-15-10-20-16(13-7-5-4-6-8-13)9-14(15)18(19)21-17(11)12(2)22-3/h4-10H,2H2,1,3H3. The molecule has 0 N–H and O–H groups in total. The molecule has 4 heteroatoms. The number of hydrogen-bond donors (Lipinski definition) is 0. The van der Waals surface area contributed by atoms with Crippen LogP contribution in [0.5, 0.6) is 0 Å². The second kappa shape index (κ2) is 5.89. The fourth-order valence-corrected chi connectivity index (χ4v) is 2.93. The number of hydrogen-bond acceptors (Lipinski definition) is 3.